The van der Waals surface area contributed by atoms with E-state index < -0.39 is 41.1 Å². The van der Waals surface area contributed by atoms with Gasteiger partial charge in [-0.1, -0.05) is 133 Å². The van der Waals surface area contributed by atoms with Crippen LogP contribution in [-0.4, -0.2) is 18.1 Å². The van der Waals surface area contributed by atoms with Crippen molar-refractivity contribution in [2.45, 2.75) is 30.6 Å². The summed E-state index contributed by atoms with van der Waals surface area (Å²) in [6.07, 6.45) is -9.29. The molecule has 0 amide bonds. The fourth-order valence-corrected chi connectivity index (χ4v) is 6.05. The molecule has 0 N–H and O–H groups in total. The number of fused-ring (bicyclic) bond motifs is 5. The van der Waals surface area contributed by atoms with Crippen molar-refractivity contribution in [3.05, 3.63) is 156 Å². The Balaban J connectivity index is 0.000000226. The van der Waals surface area contributed by atoms with Crippen molar-refractivity contribution < 1.29 is 31.1 Å². The summed E-state index contributed by atoms with van der Waals surface area (Å²) in [5, 5.41) is 2.04. The molecule has 0 aliphatic heterocycles. The summed E-state index contributed by atoms with van der Waals surface area (Å²) in [4.78, 5) is 13.0. The predicted octanol–water partition coefficient (Wildman–Crippen LogP) is 10.8. The summed E-state index contributed by atoms with van der Waals surface area (Å²) in [6.45, 7) is 0. The number of alkyl halides is 6. The number of halogens is 6. The van der Waals surface area contributed by atoms with Gasteiger partial charge in [-0.25, -0.2) is 0 Å². The largest absolute Gasteiger partial charge is 0.402 e. The van der Waals surface area contributed by atoms with Crippen LogP contribution >= 0.6 is 0 Å². The molecule has 0 fully saturated rings. The smallest absolute Gasteiger partial charge is 0.298 e. The van der Waals surface area contributed by atoms with Gasteiger partial charge in [0, 0.05) is 0 Å². The van der Waals surface area contributed by atoms with Gasteiger partial charge in [-0.05, 0) is 61.3 Å². The molecule has 0 heterocycles. The molecule has 2 atom stereocenters. The lowest BCUT2D eigenvalue weighted by atomic mass is 9.82. The monoisotopic (exact) mass is 612 g/mol. The second-order valence-electron chi connectivity index (χ2n) is 11.1. The zero-order valence-electron chi connectivity index (χ0n) is 23.7. The van der Waals surface area contributed by atoms with E-state index in [1.807, 2.05) is 0 Å². The minimum atomic E-state index is -5.19. The summed E-state index contributed by atoms with van der Waals surface area (Å²) in [6, 6.07) is 37.4. The molecule has 0 spiro atoms. The molecule has 7 heteroatoms. The van der Waals surface area contributed by atoms with E-state index in [1.165, 1.54) is 34.4 Å². The Morgan fingerprint density at radius 3 is 1.22 bits per heavy atom. The Hall–Kier alpha value is -4.91. The van der Waals surface area contributed by atoms with Crippen LogP contribution in [0.4, 0.5) is 26.3 Å². The van der Waals surface area contributed by atoms with Gasteiger partial charge in [-0.15, -0.1) is 0 Å². The topological polar surface area (TPSA) is 17.1 Å². The highest BCUT2D eigenvalue weighted by atomic mass is 19.4. The van der Waals surface area contributed by atoms with Gasteiger partial charge in [0.05, 0.1) is 0 Å². The van der Waals surface area contributed by atoms with Gasteiger partial charge in [-0.3, -0.25) is 4.79 Å². The average molecular weight is 613 g/mol. The predicted molar refractivity (Wildman–Crippen MR) is 165 cm³/mol. The zero-order valence-corrected chi connectivity index (χ0v) is 23.7. The number of hydrogen-bond acceptors (Lipinski definition) is 1. The summed E-state index contributed by atoms with van der Waals surface area (Å²) < 4.78 is 83.9. The fraction of sp³-hybridized carbons (Fsp3) is 0.132. The van der Waals surface area contributed by atoms with E-state index >= 15 is 0 Å². The molecule has 6 aromatic carbocycles. The lowest BCUT2D eigenvalue weighted by Crippen LogP contribution is -2.38. The van der Waals surface area contributed by atoms with Crippen LogP contribution in [0.2, 0.25) is 0 Å². The number of carbonyl (C=O) groups is 1. The normalized spacial score (nSPS) is 13.8. The molecular weight excluding hydrogens is 586 g/mol. The summed E-state index contributed by atoms with van der Waals surface area (Å²) in [5.74, 6) is -7.77. The minimum Gasteiger partial charge on any atom is -0.298 e. The SMILES string of the molecule is O=C(C(c1ccc2ccccc2c1)C(F)(F)F)C(c1ccc2ccccc2c1)C(F)(F)F.c1ccc2c(c1)Cc1ccccc1-2. The maximum absolute atomic E-state index is 14.0. The highest BCUT2D eigenvalue weighted by molar-refractivity contribution is 5.96. The quantitative estimate of drug-likeness (QED) is 0.181. The molecule has 0 radical (unpaired) electrons. The van der Waals surface area contributed by atoms with E-state index in [0.717, 1.165) is 30.7 Å². The molecule has 0 bridgehead atoms. The average Bonchev–Trinajstić information content (AvgIpc) is 3.39. The van der Waals surface area contributed by atoms with Crippen molar-refractivity contribution in [3.63, 3.8) is 0 Å². The first-order valence-corrected chi connectivity index (χ1v) is 14.3. The first-order valence-electron chi connectivity index (χ1n) is 14.3. The van der Waals surface area contributed by atoms with Crippen LogP contribution in [0.1, 0.15) is 34.1 Å². The Morgan fingerprint density at radius 2 is 0.822 bits per heavy atom. The Morgan fingerprint density at radius 1 is 0.467 bits per heavy atom. The second-order valence-corrected chi connectivity index (χ2v) is 11.1. The molecule has 1 nitrogen and oxygen atoms in total. The fourth-order valence-electron chi connectivity index (χ4n) is 6.05. The molecular formula is C38H26F6O. The highest BCUT2D eigenvalue weighted by Gasteiger charge is 2.55. The third-order valence-corrected chi connectivity index (χ3v) is 8.14. The van der Waals surface area contributed by atoms with E-state index in [4.69, 9.17) is 0 Å². The number of benzene rings is 6. The van der Waals surface area contributed by atoms with Crippen molar-refractivity contribution in [3.8, 4) is 11.1 Å². The first-order chi connectivity index (χ1) is 21.5. The van der Waals surface area contributed by atoms with Crippen LogP contribution < -0.4 is 0 Å². The second kappa shape index (κ2) is 11.9. The van der Waals surface area contributed by atoms with Gasteiger partial charge in [0.2, 0.25) is 0 Å². The summed E-state index contributed by atoms with van der Waals surface area (Å²) in [5.41, 5.74) is 4.72. The van der Waals surface area contributed by atoms with Gasteiger partial charge in [-0.2, -0.15) is 26.3 Å². The zero-order chi connectivity index (χ0) is 31.8. The van der Waals surface area contributed by atoms with Crippen LogP contribution in [0.5, 0.6) is 0 Å². The van der Waals surface area contributed by atoms with Gasteiger partial charge < -0.3 is 0 Å². The van der Waals surface area contributed by atoms with Crippen LogP contribution in [-0.2, 0) is 11.2 Å². The van der Waals surface area contributed by atoms with Crippen LogP contribution in [0.3, 0.4) is 0 Å². The first kappa shape index (κ1) is 30.1. The van der Waals surface area contributed by atoms with Crippen LogP contribution in [0.15, 0.2) is 133 Å². The van der Waals surface area contributed by atoms with Crippen molar-refractivity contribution in [1.29, 1.82) is 0 Å². The van der Waals surface area contributed by atoms with E-state index in [0.29, 0.717) is 21.5 Å². The third-order valence-electron chi connectivity index (χ3n) is 8.14. The Kier molecular flexibility index (Phi) is 7.96. The van der Waals surface area contributed by atoms with E-state index in [1.54, 1.807) is 48.5 Å². The Labute approximate surface area is 255 Å². The van der Waals surface area contributed by atoms with Crippen LogP contribution in [0.25, 0.3) is 32.7 Å². The molecule has 1 aliphatic rings. The Bertz CT molecular complexity index is 1860. The van der Waals surface area contributed by atoms with E-state index in [9.17, 15) is 31.1 Å². The molecule has 0 aromatic heterocycles. The lowest BCUT2D eigenvalue weighted by Gasteiger charge is -2.27. The van der Waals surface area contributed by atoms with Gasteiger partial charge >= 0.3 is 12.4 Å². The van der Waals surface area contributed by atoms with Crippen molar-refractivity contribution in [2.75, 3.05) is 0 Å². The molecule has 226 valence electrons. The van der Waals surface area contributed by atoms with Gasteiger partial charge in [0.1, 0.15) is 11.8 Å². The molecule has 0 saturated carbocycles. The summed E-state index contributed by atoms with van der Waals surface area (Å²) >= 11 is 0. The maximum Gasteiger partial charge on any atom is 0.402 e. The minimum absolute atomic E-state index is 0.404. The number of hydrogen-bond donors (Lipinski definition) is 0. The van der Waals surface area contributed by atoms with Crippen LogP contribution in [0, 0.1) is 0 Å². The molecule has 45 heavy (non-hydrogen) atoms. The molecule has 7 rings (SSSR count). The van der Waals surface area contributed by atoms with Crippen molar-refractivity contribution in [2.24, 2.45) is 0 Å². The van der Waals surface area contributed by atoms with Crippen molar-refractivity contribution in [1.82, 2.24) is 0 Å². The maximum atomic E-state index is 14.0. The number of ketones is 1. The molecule has 6 aromatic rings. The van der Waals surface area contributed by atoms with Gasteiger partial charge in [0.15, 0.2) is 5.78 Å². The third kappa shape index (κ3) is 6.21. The van der Waals surface area contributed by atoms with E-state index in [-0.39, 0.29) is 0 Å². The van der Waals surface area contributed by atoms with Gasteiger partial charge in [0.25, 0.3) is 0 Å². The number of rotatable bonds is 4. The molecule has 0 saturated heterocycles. The molecule has 1 aliphatic carbocycles. The van der Waals surface area contributed by atoms with Crippen molar-refractivity contribution >= 4 is 27.3 Å². The number of carbonyl (C=O) groups excluding carboxylic acids is 1. The standard InChI is InChI=1S/C25H16F6O.C13H10/c26-24(27,28)21(19-11-9-15-5-1-3-7-17(15)13-19)23(32)22(25(29,30)31)20-12-10-16-6-2-4-8-18(16)14-20;1-3-7-12-10(5-1)9-11-6-2-4-8-13(11)12/h1-14,21-22H;1-8H,9H2. The number of Topliss-reactive ketones (excluding diaryl/α,β-unsaturated/α-hetero) is 1. The lowest BCUT2D eigenvalue weighted by molar-refractivity contribution is -0.183. The molecule has 2 unspecified atom stereocenters. The highest BCUT2D eigenvalue weighted by Crippen LogP contribution is 2.45. The summed E-state index contributed by atoms with van der Waals surface area (Å²) in [7, 11) is 0. The van der Waals surface area contributed by atoms with E-state index in [2.05, 4.69) is 48.5 Å².